The fourth-order valence-electron chi connectivity index (χ4n) is 4.40. The third-order valence-electron chi connectivity index (χ3n) is 6.47. The number of aromatic nitrogens is 4. The largest absolute Gasteiger partial charge is 0.444 e. The molecule has 0 bridgehead atoms. The molecule has 206 valence electrons. The average Bonchev–Trinajstić information content (AvgIpc) is 3.30. The number of amides is 2. The van der Waals surface area contributed by atoms with Crippen molar-refractivity contribution in [2.45, 2.75) is 39.7 Å². The van der Waals surface area contributed by atoms with E-state index in [0.717, 1.165) is 11.1 Å². The lowest BCUT2D eigenvalue weighted by Gasteiger charge is -2.26. The van der Waals surface area contributed by atoms with Crippen molar-refractivity contribution < 1.29 is 18.7 Å². The third-order valence-corrected chi connectivity index (χ3v) is 6.47. The van der Waals surface area contributed by atoms with Gasteiger partial charge in [0, 0.05) is 42.9 Å². The molecule has 1 fully saturated rings. The zero-order chi connectivity index (χ0) is 28.3. The molecule has 3 heterocycles. The highest BCUT2D eigenvalue weighted by atomic mass is 16.6. The van der Waals surface area contributed by atoms with Gasteiger partial charge in [-0.3, -0.25) is 9.78 Å². The van der Waals surface area contributed by atoms with Crippen molar-refractivity contribution >= 4 is 12.0 Å². The number of nitrogens with zero attached hydrogens (tertiary/aromatic N) is 6. The van der Waals surface area contributed by atoms with Crippen LogP contribution in [0.25, 0.3) is 34.3 Å². The molecule has 0 aliphatic carbocycles. The van der Waals surface area contributed by atoms with Crippen LogP contribution in [-0.4, -0.2) is 73.7 Å². The molecule has 0 saturated carbocycles. The zero-order valence-corrected chi connectivity index (χ0v) is 23.1. The topological polar surface area (TPSA) is 115 Å². The Balaban J connectivity index is 1.28. The summed E-state index contributed by atoms with van der Waals surface area (Å²) in [4.78, 5) is 38.4. The van der Waals surface area contributed by atoms with Gasteiger partial charge >= 0.3 is 6.09 Å². The molecule has 2 aromatic heterocycles. The lowest BCUT2D eigenvalue weighted by Crippen LogP contribution is -2.40. The Morgan fingerprint density at radius 1 is 0.850 bits per heavy atom. The van der Waals surface area contributed by atoms with Gasteiger partial charge in [0.2, 0.25) is 5.89 Å². The Bertz CT molecular complexity index is 1490. The van der Waals surface area contributed by atoms with Crippen molar-refractivity contribution in [1.82, 2.24) is 30.0 Å². The van der Waals surface area contributed by atoms with Crippen molar-refractivity contribution in [3.05, 3.63) is 72.1 Å². The molecule has 0 radical (unpaired) electrons. The molecule has 4 aromatic rings. The maximum atomic E-state index is 13.2. The van der Waals surface area contributed by atoms with Crippen molar-refractivity contribution in [2.75, 3.05) is 26.2 Å². The molecule has 0 spiro atoms. The van der Waals surface area contributed by atoms with E-state index in [1.807, 2.05) is 70.2 Å². The molecular weight excluding hydrogens is 508 g/mol. The maximum absolute atomic E-state index is 13.2. The fraction of sp³-hybridized carbons (Fsp3) is 0.333. The predicted octanol–water partition coefficient (Wildman–Crippen LogP) is 5.25. The molecule has 0 N–H and O–H groups in total. The van der Waals surface area contributed by atoms with Gasteiger partial charge in [-0.15, -0.1) is 10.2 Å². The molecule has 10 heteroatoms. The highest BCUT2D eigenvalue weighted by molar-refractivity contribution is 5.94. The van der Waals surface area contributed by atoms with Crippen molar-refractivity contribution in [3.8, 4) is 34.3 Å². The second-order valence-corrected chi connectivity index (χ2v) is 10.7. The van der Waals surface area contributed by atoms with E-state index < -0.39 is 5.60 Å². The van der Waals surface area contributed by atoms with Gasteiger partial charge in [-0.1, -0.05) is 30.3 Å². The van der Waals surface area contributed by atoms with Gasteiger partial charge in [0.25, 0.3) is 11.8 Å². The molecule has 5 rings (SSSR count). The summed E-state index contributed by atoms with van der Waals surface area (Å²) in [7, 11) is 0. The van der Waals surface area contributed by atoms with Crippen LogP contribution < -0.4 is 0 Å². The highest BCUT2D eigenvalue weighted by Gasteiger charge is 2.26. The maximum Gasteiger partial charge on any atom is 0.410 e. The SMILES string of the molecule is Cc1ncc(-c2ccc(C(=O)N3CCCN(C(=O)OC(C)(C)C)CC3)cc2)nc1-c1nnc(-c2ccccc2)o1. The summed E-state index contributed by atoms with van der Waals surface area (Å²) in [5.74, 6) is 0.624. The van der Waals surface area contributed by atoms with E-state index in [1.165, 1.54) is 0 Å². The van der Waals surface area contributed by atoms with Crippen LogP contribution in [0.1, 0.15) is 43.2 Å². The average molecular weight is 541 g/mol. The molecule has 1 aliphatic rings. The summed E-state index contributed by atoms with van der Waals surface area (Å²) in [5.41, 5.74) is 3.44. The molecule has 10 nitrogen and oxygen atoms in total. The minimum Gasteiger partial charge on any atom is -0.444 e. The third kappa shape index (κ3) is 6.17. The number of hydrogen-bond donors (Lipinski definition) is 0. The Kier molecular flexibility index (Phi) is 7.59. The second-order valence-electron chi connectivity index (χ2n) is 10.7. The van der Waals surface area contributed by atoms with E-state index >= 15 is 0 Å². The summed E-state index contributed by atoms with van der Waals surface area (Å²) in [5, 5.41) is 8.35. The van der Waals surface area contributed by atoms with Crippen LogP contribution in [-0.2, 0) is 4.74 Å². The van der Waals surface area contributed by atoms with Gasteiger partial charge in [0.1, 0.15) is 11.3 Å². The lowest BCUT2D eigenvalue weighted by molar-refractivity contribution is 0.0255. The number of rotatable bonds is 4. The van der Waals surface area contributed by atoms with E-state index in [-0.39, 0.29) is 12.0 Å². The van der Waals surface area contributed by atoms with Crippen LogP contribution in [0.4, 0.5) is 4.79 Å². The molecular formula is C30H32N6O4. The minimum absolute atomic E-state index is 0.0763. The smallest absolute Gasteiger partial charge is 0.410 e. The van der Waals surface area contributed by atoms with Gasteiger partial charge in [-0.2, -0.15) is 0 Å². The van der Waals surface area contributed by atoms with Gasteiger partial charge < -0.3 is 19.0 Å². The number of carbonyl (C=O) groups is 2. The van der Waals surface area contributed by atoms with E-state index in [2.05, 4.69) is 15.2 Å². The lowest BCUT2D eigenvalue weighted by atomic mass is 10.1. The van der Waals surface area contributed by atoms with Crippen LogP contribution in [0.5, 0.6) is 0 Å². The monoisotopic (exact) mass is 540 g/mol. The summed E-state index contributed by atoms with van der Waals surface area (Å²) in [6.07, 6.45) is 2.03. The van der Waals surface area contributed by atoms with Crippen LogP contribution >= 0.6 is 0 Å². The number of benzene rings is 2. The van der Waals surface area contributed by atoms with E-state index in [1.54, 1.807) is 28.1 Å². The van der Waals surface area contributed by atoms with E-state index in [0.29, 0.717) is 67.0 Å². The van der Waals surface area contributed by atoms with Gasteiger partial charge in [0.05, 0.1) is 17.6 Å². The molecule has 2 amide bonds. The van der Waals surface area contributed by atoms with Crippen molar-refractivity contribution in [2.24, 2.45) is 0 Å². The van der Waals surface area contributed by atoms with Crippen molar-refractivity contribution in [3.63, 3.8) is 0 Å². The normalized spacial score (nSPS) is 14.1. The Hall–Kier alpha value is -4.60. The first-order valence-corrected chi connectivity index (χ1v) is 13.3. The zero-order valence-electron chi connectivity index (χ0n) is 23.1. The summed E-state index contributed by atoms with van der Waals surface area (Å²) < 4.78 is 11.4. The fourth-order valence-corrected chi connectivity index (χ4v) is 4.40. The molecule has 2 aromatic carbocycles. The molecule has 0 atom stereocenters. The molecule has 1 aliphatic heterocycles. The molecule has 40 heavy (non-hydrogen) atoms. The molecule has 0 unspecified atom stereocenters. The Labute approximate surface area is 233 Å². The van der Waals surface area contributed by atoms with Crippen LogP contribution in [0, 0.1) is 6.92 Å². The summed E-state index contributed by atoms with van der Waals surface area (Å²) in [6.45, 7) is 9.38. The Morgan fingerprint density at radius 2 is 1.52 bits per heavy atom. The van der Waals surface area contributed by atoms with Gasteiger partial charge in [-0.25, -0.2) is 9.78 Å². The second kappa shape index (κ2) is 11.3. The minimum atomic E-state index is -0.556. The number of ether oxygens (including phenoxy) is 1. The summed E-state index contributed by atoms with van der Waals surface area (Å²) >= 11 is 0. The predicted molar refractivity (Wildman–Crippen MR) is 149 cm³/mol. The van der Waals surface area contributed by atoms with Crippen LogP contribution in [0.3, 0.4) is 0 Å². The van der Waals surface area contributed by atoms with Gasteiger partial charge in [-0.05, 0) is 58.4 Å². The first-order chi connectivity index (χ1) is 19.2. The van der Waals surface area contributed by atoms with Crippen molar-refractivity contribution in [1.29, 1.82) is 0 Å². The quantitative estimate of drug-likeness (QED) is 0.345. The first-order valence-electron chi connectivity index (χ1n) is 13.3. The Morgan fingerprint density at radius 3 is 2.25 bits per heavy atom. The highest BCUT2D eigenvalue weighted by Crippen LogP contribution is 2.27. The molecule has 1 saturated heterocycles. The van der Waals surface area contributed by atoms with Crippen LogP contribution in [0.15, 0.2) is 65.2 Å². The van der Waals surface area contributed by atoms with Crippen LogP contribution in [0.2, 0.25) is 0 Å². The number of hydrogen-bond acceptors (Lipinski definition) is 8. The first kappa shape index (κ1) is 27.0. The summed E-state index contributed by atoms with van der Waals surface area (Å²) in [6, 6.07) is 16.8. The standard InChI is InChI=1S/C30H32N6O4/c1-20-25(27-34-33-26(39-27)22-9-6-5-7-10-22)32-24(19-31-20)21-11-13-23(14-12-21)28(37)35-15-8-16-36(18-17-35)29(38)40-30(2,3)4/h5-7,9-14,19H,8,15-18H2,1-4H3. The van der Waals surface area contributed by atoms with E-state index in [9.17, 15) is 9.59 Å². The number of carbonyl (C=O) groups excluding carboxylic acids is 2. The number of aryl methyl sites for hydroxylation is 1. The van der Waals surface area contributed by atoms with Gasteiger partial charge in [0.15, 0.2) is 0 Å². The van der Waals surface area contributed by atoms with E-state index in [4.69, 9.17) is 14.1 Å².